The molecule has 0 fully saturated rings. The van der Waals surface area contributed by atoms with Crippen LogP contribution in [0.4, 0.5) is 0 Å². The summed E-state index contributed by atoms with van der Waals surface area (Å²) in [6.07, 6.45) is 6.65. The molecule has 6 nitrogen and oxygen atoms in total. The van der Waals surface area contributed by atoms with Crippen molar-refractivity contribution in [2.45, 2.75) is 26.8 Å². The Morgan fingerprint density at radius 3 is 2.94 bits per heavy atom. The van der Waals surface area contributed by atoms with Crippen molar-refractivity contribution in [2.75, 3.05) is 19.6 Å². The lowest BCUT2D eigenvalue weighted by Gasteiger charge is -2.23. The number of imidazole rings is 1. The van der Waals surface area contributed by atoms with Crippen LogP contribution in [-0.2, 0) is 6.54 Å². The molecule has 0 radical (unpaired) electrons. The first-order valence-electron chi connectivity index (χ1n) is 6.32. The van der Waals surface area contributed by atoms with Gasteiger partial charge in [-0.2, -0.15) is 0 Å². The molecule has 1 rings (SSSR count). The lowest BCUT2D eigenvalue weighted by atomic mass is 10.1. The van der Waals surface area contributed by atoms with Crippen LogP contribution in [0.3, 0.4) is 0 Å². The molecular weight excluding hydrogens is 230 g/mol. The van der Waals surface area contributed by atoms with E-state index in [0.29, 0.717) is 5.84 Å². The zero-order valence-electron chi connectivity index (χ0n) is 11.2. The maximum absolute atomic E-state index is 8.63. The van der Waals surface area contributed by atoms with Crippen LogP contribution in [0.15, 0.2) is 23.9 Å². The van der Waals surface area contributed by atoms with Gasteiger partial charge in [0.05, 0.1) is 6.33 Å². The van der Waals surface area contributed by atoms with E-state index in [-0.39, 0.29) is 5.92 Å². The SMILES string of the molecule is CCN(CCCn1ccnc1)CC(C)/C(N)=N/O. The quantitative estimate of drug-likeness (QED) is 0.313. The van der Waals surface area contributed by atoms with Crippen LogP contribution in [-0.4, -0.2) is 45.1 Å². The standard InChI is InChI=1S/C12H23N5O/c1-3-16(9-11(2)12(13)15-18)6-4-7-17-8-5-14-10-17/h5,8,10-11,18H,3-4,6-7,9H2,1-2H3,(H2,13,15). The van der Waals surface area contributed by atoms with Crippen LogP contribution in [0, 0.1) is 5.92 Å². The Morgan fingerprint density at radius 2 is 2.39 bits per heavy atom. The van der Waals surface area contributed by atoms with Gasteiger partial charge in [0.1, 0.15) is 5.84 Å². The summed E-state index contributed by atoms with van der Waals surface area (Å²) in [4.78, 5) is 6.32. The molecule has 0 saturated heterocycles. The van der Waals surface area contributed by atoms with Crippen molar-refractivity contribution in [3.63, 3.8) is 0 Å². The molecule has 0 aliphatic heterocycles. The van der Waals surface area contributed by atoms with Gasteiger partial charge < -0.3 is 20.4 Å². The van der Waals surface area contributed by atoms with E-state index in [4.69, 9.17) is 10.9 Å². The average Bonchev–Trinajstić information content (AvgIpc) is 2.89. The zero-order valence-corrected chi connectivity index (χ0v) is 11.2. The second-order valence-corrected chi connectivity index (χ2v) is 4.47. The molecule has 18 heavy (non-hydrogen) atoms. The fourth-order valence-electron chi connectivity index (χ4n) is 1.85. The first kappa shape index (κ1) is 14.5. The third kappa shape index (κ3) is 4.75. The molecule has 1 heterocycles. The Bertz CT molecular complexity index is 349. The highest BCUT2D eigenvalue weighted by atomic mass is 16.4. The van der Waals surface area contributed by atoms with Crippen molar-refractivity contribution in [3.05, 3.63) is 18.7 Å². The van der Waals surface area contributed by atoms with Gasteiger partial charge in [-0.25, -0.2) is 4.98 Å². The minimum absolute atomic E-state index is 0.0724. The number of hydrogen-bond donors (Lipinski definition) is 2. The minimum Gasteiger partial charge on any atom is -0.409 e. The van der Waals surface area contributed by atoms with Gasteiger partial charge >= 0.3 is 0 Å². The maximum atomic E-state index is 8.63. The third-order valence-corrected chi connectivity index (χ3v) is 3.05. The lowest BCUT2D eigenvalue weighted by molar-refractivity contribution is 0.258. The van der Waals surface area contributed by atoms with Crippen LogP contribution < -0.4 is 5.73 Å². The van der Waals surface area contributed by atoms with Crippen LogP contribution in [0.25, 0.3) is 0 Å². The number of nitrogens with two attached hydrogens (primary N) is 1. The van der Waals surface area contributed by atoms with Crippen LogP contribution in [0.2, 0.25) is 0 Å². The Hall–Kier alpha value is -1.56. The fourth-order valence-corrected chi connectivity index (χ4v) is 1.85. The molecule has 3 N–H and O–H groups in total. The monoisotopic (exact) mass is 253 g/mol. The molecule has 0 bridgehead atoms. The first-order valence-corrected chi connectivity index (χ1v) is 6.32. The molecule has 0 aromatic carbocycles. The Balaban J connectivity index is 2.29. The van der Waals surface area contributed by atoms with Gasteiger partial charge in [-0.15, -0.1) is 0 Å². The molecule has 1 aromatic rings. The summed E-state index contributed by atoms with van der Waals surface area (Å²) in [6.45, 7) is 7.83. The summed E-state index contributed by atoms with van der Waals surface area (Å²) >= 11 is 0. The molecule has 0 aliphatic carbocycles. The molecule has 6 heteroatoms. The maximum Gasteiger partial charge on any atom is 0.143 e. The van der Waals surface area contributed by atoms with E-state index in [9.17, 15) is 0 Å². The Morgan fingerprint density at radius 1 is 1.61 bits per heavy atom. The van der Waals surface area contributed by atoms with Crippen LogP contribution in [0.1, 0.15) is 20.3 Å². The smallest absolute Gasteiger partial charge is 0.143 e. The molecule has 0 saturated carbocycles. The molecule has 102 valence electrons. The van der Waals surface area contributed by atoms with Crippen molar-refractivity contribution >= 4 is 5.84 Å². The number of hydrogen-bond acceptors (Lipinski definition) is 4. The largest absolute Gasteiger partial charge is 0.409 e. The highest BCUT2D eigenvalue weighted by molar-refractivity contribution is 5.82. The van der Waals surface area contributed by atoms with E-state index >= 15 is 0 Å². The summed E-state index contributed by atoms with van der Waals surface area (Å²) in [5, 5.41) is 11.7. The molecule has 0 aliphatic rings. The second kappa shape index (κ2) is 7.71. The highest BCUT2D eigenvalue weighted by Gasteiger charge is 2.12. The van der Waals surface area contributed by atoms with Crippen molar-refractivity contribution in [3.8, 4) is 0 Å². The zero-order chi connectivity index (χ0) is 13.4. The van der Waals surface area contributed by atoms with Crippen molar-refractivity contribution in [1.82, 2.24) is 14.5 Å². The van der Waals surface area contributed by atoms with E-state index in [0.717, 1.165) is 32.6 Å². The molecule has 1 unspecified atom stereocenters. The van der Waals surface area contributed by atoms with E-state index in [2.05, 4.69) is 26.5 Å². The Labute approximate surface area is 108 Å². The third-order valence-electron chi connectivity index (χ3n) is 3.05. The van der Waals surface area contributed by atoms with Gasteiger partial charge in [0.15, 0.2) is 0 Å². The first-order chi connectivity index (χ1) is 8.67. The van der Waals surface area contributed by atoms with Crippen molar-refractivity contribution in [1.29, 1.82) is 0 Å². The predicted octanol–water partition coefficient (Wildman–Crippen LogP) is 0.978. The summed E-state index contributed by atoms with van der Waals surface area (Å²) < 4.78 is 2.07. The van der Waals surface area contributed by atoms with Gasteiger partial charge in [0.2, 0.25) is 0 Å². The number of aromatic nitrogens is 2. The summed E-state index contributed by atoms with van der Waals surface area (Å²) in [6, 6.07) is 0. The molecular formula is C12H23N5O. The van der Waals surface area contributed by atoms with Crippen LogP contribution in [0.5, 0.6) is 0 Å². The van der Waals surface area contributed by atoms with Gasteiger partial charge in [-0.1, -0.05) is 19.0 Å². The normalized spacial score (nSPS) is 14.1. The number of nitrogens with zero attached hydrogens (tertiary/aromatic N) is 4. The number of amidine groups is 1. The fraction of sp³-hybridized carbons (Fsp3) is 0.667. The topological polar surface area (TPSA) is 79.7 Å². The number of rotatable bonds is 8. The van der Waals surface area contributed by atoms with Crippen LogP contribution >= 0.6 is 0 Å². The van der Waals surface area contributed by atoms with Gasteiger partial charge in [-0.05, 0) is 19.5 Å². The summed E-state index contributed by atoms with van der Waals surface area (Å²) in [5.41, 5.74) is 5.59. The van der Waals surface area contributed by atoms with E-state index < -0.39 is 0 Å². The summed E-state index contributed by atoms with van der Waals surface area (Å²) in [5.74, 6) is 0.367. The minimum atomic E-state index is 0.0724. The predicted molar refractivity (Wildman–Crippen MR) is 71.5 cm³/mol. The second-order valence-electron chi connectivity index (χ2n) is 4.47. The Kier molecular flexibility index (Phi) is 6.21. The molecule has 1 atom stereocenters. The summed E-state index contributed by atoms with van der Waals surface area (Å²) in [7, 11) is 0. The van der Waals surface area contributed by atoms with Crippen molar-refractivity contribution in [2.24, 2.45) is 16.8 Å². The molecule has 1 aromatic heterocycles. The van der Waals surface area contributed by atoms with E-state index in [1.165, 1.54) is 0 Å². The number of aryl methyl sites for hydroxylation is 1. The van der Waals surface area contributed by atoms with Gasteiger partial charge in [0.25, 0.3) is 0 Å². The van der Waals surface area contributed by atoms with Gasteiger partial charge in [-0.3, -0.25) is 0 Å². The lowest BCUT2D eigenvalue weighted by Crippen LogP contribution is -2.35. The average molecular weight is 253 g/mol. The van der Waals surface area contributed by atoms with Crippen molar-refractivity contribution < 1.29 is 5.21 Å². The van der Waals surface area contributed by atoms with E-state index in [1.54, 1.807) is 6.20 Å². The van der Waals surface area contributed by atoms with E-state index in [1.807, 2.05) is 19.4 Å². The highest BCUT2D eigenvalue weighted by Crippen LogP contribution is 2.02. The van der Waals surface area contributed by atoms with Gasteiger partial charge in [0, 0.05) is 31.4 Å². The molecule has 0 spiro atoms. The number of oxime groups is 1. The molecule has 0 amide bonds.